The normalized spacial score (nSPS) is 10.5. The third kappa shape index (κ3) is 4.83. The van der Waals surface area contributed by atoms with Crippen molar-refractivity contribution >= 4 is 5.91 Å². The van der Waals surface area contributed by atoms with Crippen LogP contribution in [0.1, 0.15) is 25.8 Å². The highest BCUT2D eigenvalue weighted by molar-refractivity contribution is 5.76. The first-order chi connectivity index (χ1) is 10.4. The fourth-order valence-electron chi connectivity index (χ4n) is 2.21. The van der Waals surface area contributed by atoms with Crippen molar-refractivity contribution in [2.24, 2.45) is 5.92 Å². The molecule has 5 heteroatoms. The second-order valence-corrected chi connectivity index (χ2v) is 5.70. The highest BCUT2D eigenvalue weighted by Gasteiger charge is 2.15. The van der Waals surface area contributed by atoms with E-state index in [0.29, 0.717) is 36.1 Å². The average Bonchev–Trinajstić information content (AvgIpc) is 2.50. The monoisotopic (exact) mass is 309 g/mol. The summed E-state index contributed by atoms with van der Waals surface area (Å²) < 4.78 is 16.0. The molecule has 1 rings (SSSR count). The van der Waals surface area contributed by atoms with Crippen molar-refractivity contribution < 1.29 is 19.0 Å². The minimum absolute atomic E-state index is 0.169. The number of hydrogen-bond acceptors (Lipinski definition) is 4. The number of nitrogens with zero attached hydrogens (tertiary/aromatic N) is 1. The van der Waals surface area contributed by atoms with Gasteiger partial charge in [-0.2, -0.15) is 0 Å². The van der Waals surface area contributed by atoms with Crippen molar-refractivity contribution in [2.45, 2.75) is 26.7 Å². The van der Waals surface area contributed by atoms with Crippen molar-refractivity contribution in [1.29, 1.82) is 0 Å². The molecule has 0 fully saturated rings. The third-order valence-electron chi connectivity index (χ3n) is 3.47. The maximum absolute atomic E-state index is 12.0. The van der Waals surface area contributed by atoms with E-state index in [4.69, 9.17) is 14.2 Å². The lowest BCUT2D eigenvalue weighted by atomic mass is 10.1. The molecular weight excluding hydrogens is 282 g/mol. The molecule has 0 atom stereocenters. The second kappa shape index (κ2) is 8.51. The largest absolute Gasteiger partial charge is 0.493 e. The summed E-state index contributed by atoms with van der Waals surface area (Å²) in [6.45, 7) is 4.75. The number of likely N-dealkylation sites (N-methyl/N-ethyl adjacent to an activating group) is 1. The molecule has 0 radical (unpaired) electrons. The van der Waals surface area contributed by atoms with Gasteiger partial charge in [-0.25, -0.2) is 0 Å². The van der Waals surface area contributed by atoms with E-state index in [0.717, 1.165) is 12.0 Å². The molecule has 0 aliphatic heterocycles. The lowest BCUT2D eigenvalue weighted by Crippen LogP contribution is -2.29. The molecule has 0 spiro atoms. The van der Waals surface area contributed by atoms with Crippen molar-refractivity contribution in [3.63, 3.8) is 0 Å². The van der Waals surface area contributed by atoms with Crippen LogP contribution in [0.2, 0.25) is 0 Å². The number of amides is 1. The number of methoxy groups -OCH3 is 3. The summed E-state index contributed by atoms with van der Waals surface area (Å²) in [5, 5.41) is 0. The zero-order valence-corrected chi connectivity index (χ0v) is 14.4. The Hall–Kier alpha value is -1.91. The van der Waals surface area contributed by atoms with Crippen LogP contribution in [0, 0.1) is 5.92 Å². The van der Waals surface area contributed by atoms with E-state index in [1.54, 1.807) is 26.2 Å². The number of benzene rings is 1. The highest BCUT2D eigenvalue weighted by atomic mass is 16.5. The first-order valence-corrected chi connectivity index (χ1v) is 7.45. The molecule has 0 heterocycles. The molecule has 0 bridgehead atoms. The molecule has 0 unspecified atom stereocenters. The molecule has 1 aromatic carbocycles. The highest BCUT2D eigenvalue weighted by Crippen LogP contribution is 2.38. The van der Waals surface area contributed by atoms with Gasteiger partial charge in [0.25, 0.3) is 0 Å². The number of carbonyl (C=O) groups is 1. The van der Waals surface area contributed by atoms with Gasteiger partial charge in [-0.05, 0) is 30.0 Å². The lowest BCUT2D eigenvalue weighted by Gasteiger charge is -2.19. The minimum atomic E-state index is 0.169. The lowest BCUT2D eigenvalue weighted by molar-refractivity contribution is -0.130. The van der Waals surface area contributed by atoms with E-state index in [9.17, 15) is 4.79 Å². The van der Waals surface area contributed by atoms with Gasteiger partial charge in [-0.3, -0.25) is 4.79 Å². The zero-order valence-electron chi connectivity index (χ0n) is 14.4. The SMILES string of the molecule is COc1cc(CCN(C)C(=O)CC(C)C)cc(OC)c1OC. The molecule has 22 heavy (non-hydrogen) atoms. The van der Waals surface area contributed by atoms with Crippen LogP contribution in [0.25, 0.3) is 0 Å². The molecule has 0 aliphatic rings. The Balaban J connectivity index is 2.79. The first kappa shape index (κ1) is 18.1. The quantitative estimate of drug-likeness (QED) is 0.741. The van der Waals surface area contributed by atoms with Crippen molar-refractivity contribution in [1.82, 2.24) is 4.90 Å². The zero-order chi connectivity index (χ0) is 16.7. The molecule has 1 amide bonds. The van der Waals surface area contributed by atoms with E-state index in [-0.39, 0.29) is 5.91 Å². The Labute approximate surface area is 133 Å². The van der Waals surface area contributed by atoms with Gasteiger partial charge in [0.15, 0.2) is 11.5 Å². The topological polar surface area (TPSA) is 48.0 Å². The molecule has 0 aromatic heterocycles. The summed E-state index contributed by atoms with van der Waals surface area (Å²) in [7, 11) is 6.61. The van der Waals surface area contributed by atoms with Gasteiger partial charge < -0.3 is 19.1 Å². The van der Waals surface area contributed by atoms with Gasteiger partial charge in [0.1, 0.15) is 0 Å². The Morgan fingerprint density at radius 2 is 1.64 bits per heavy atom. The fourth-order valence-corrected chi connectivity index (χ4v) is 2.21. The van der Waals surface area contributed by atoms with Crippen LogP contribution in [-0.4, -0.2) is 45.7 Å². The molecular formula is C17H27NO4. The predicted octanol–water partition coefficient (Wildman–Crippen LogP) is 2.76. The number of ether oxygens (including phenoxy) is 3. The standard InChI is InChI=1S/C17H27NO4/c1-12(2)9-16(19)18(3)8-7-13-10-14(20-4)17(22-6)15(11-13)21-5/h10-12H,7-9H2,1-6H3. The molecule has 1 aromatic rings. The maximum atomic E-state index is 12.0. The van der Waals surface area contributed by atoms with Crippen LogP contribution in [0.15, 0.2) is 12.1 Å². The van der Waals surface area contributed by atoms with Crippen molar-refractivity contribution in [3.8, 4) is 17.2 Å². The summed E-state index contributed by atoms with van der Waals surface area (Å²) in [5.41, 5.74) is 1.04. The summed E-state index contributed by atoms with van der Waals surface area (Å²) in [6, 6.07) is 3.84. The van der Waals surface area contributed by atoms with E-state index in [1.165, 1.54) is 0 Å². The van der Waals surface area contributed by atoms with E-state index < -0.39 is 0 Å². The van der Waals surface area contributed by atoms with Gasteiger partial charge in [0.2, 0.25) is 11.7 Å². The van der Waals surface area contributed by atoms with Gasteiger partial charge in [0, 0.05) is 20.0 Å². The number of hydrogen-bond donors (Lipinski definition) is 0. The average molecular weight is 309 g/mol. The molecule has 0 N–H and O–H groups in total. The molecule has 0 aliphatic carbocycles. The Bertz CT molecular complexity index is 474. The Morgan fingerprint density at radius 3 is 2.05 bits per heavy atom. The van der Waals surface area contributed by atoms with Gasteiger partial charge in [-0.1, -0.05) is 13.8 Å². The number of carbonyl (C=O) groups excluding carboxylic acids is 1. The fraction of sp³-hybridized carbons (Fsp3) is 0.588. The van der Waals surface area contributed by atoms with E-state index >= 15 is 0 Å². The third-order valence-corrected chi connectivity index (χ3v) is 3.47. The van der Waals surface area contributed by atoms with Gasteiger partial charge >= 0.3 is 0 Å². The summed E-state index contributed by atoms with van der Waals surface area (Å²) in [5.74, 6) is 2.39. The predicted molar refractivity (Wildman–Crippen MR) is 86.9 cm³/mol. The van der Waals surface area contributed by atoms with E-state index in [1.807, 2.05) is 33.0 Å². The van der Waals surface area contributed by atoms with Crippen LogP contribution in [-0.2, 0) is 11.2 Å². The Kier molecular flexibility index (Phi) is 7.02. The van der Waals surface area contributed by atoms with Crippen molar-refractivity contribution in [3.05, 3.63) is 17.7 Å². The molecule has 5 nitrogen and oxygen atoms in total. The van der Waals surface area contributed by atoms with Crippen LogP contribution in [0.4, 0.5) is 0 Å². The van der Waals surface area contributed by atoms with Crippen LogP contribution >= 0.6 is 0 Å². The molecule has 0 saturated heterocycles. The first-order valence-electron chi connectivity index (χ1n) is 7.45. The second-order valence-electron chi connectivity index (χ2n) is 5.70. The Morgan fingerprint density at radius 1 is 1.09 bits per heavy atom. The van der Waals surface area contributed by atoms with Crippen LogP contribution in [0.5, 0.6) is 17.2 Å². The van der Waals surface area contributed by atoms with Crippen LogP contribution in [0.3, 0.4) is 0 Å². The molecule has 124 valence electrons. The van der Waals surface area contributed by atoms with Crippen molar-refractivity contribution in [2.75, 3.05) is 34.9 Å². The van der Waals surface area contributed by atoms with Gasteiger partial charge in [-0.15, -0.1) is 0 Å². The van der Waals surface area contributed by atoms with Gasteiger partial charge in [0.05, 0.1) is 21.3 Å². The molecule has 0 saturated carbocycles. The number of rotatable bonds is 8. The van der Waals surface area contributed by atoms with Crippen LogP contribution < -0.4 is 14.2 Å². The summed E-state index contributed by atoms with van der Waals surface area (Å²) in [6.07, 6.45) is 1.31. The van der Waals surface area contributed by atoms with E-state index in [2.05, 4.69) is 0 Å². The smallest absolute Gasteiger partial charge is 0.222 e. The maximum Gasteiger partial charge on any atom is 0.222 e. The summed E-state index contributed by atoms with van der Waals surface area (Å²) >= 11 is 0. The minimum Gasteiger partial charge on any atom is -0.493 e. The summed E-state index contributed by atoms with van der Waals surface area (Å²) in [4.78, 5) is 13.7.